The molecule has 1 aromatic carbocycles. The number of nitrogens with two attached hydrogens (primary N) is 1. The molecule has 7 nitrogen and oxygen atoms in total. The minimum absolute atomic E-state index is 0.0246. The summed E-state index contributed by atoms with van der Waals surface area (Å²) in [7, 11) is 1.57. The summed E-state index contributed by atoms with van der Waals surface area (Å²) in [5, 5.41) is 3.02. The van der Waals surface area contributed by atoms with Gasteiger partial charge in [0.2, 0.25) is 17.7 Å². The number of rotatable bonds is 6. The fourth-order valence-electron chi connectivity index (χ4n) is 2.82. The summed E-state index contributed by atoms with van der Waals surface area (Å²) in [5.41, 5.74) is 6.39. The summed E-state index contributed by atoms with van der Waals surface area (Å²) in [5.74, 6) is -0.923. The molecule has 3 N–H and O–H groups in total. The lowest BCUT2D eigenvalue weighted by molar-refractivity contribution is -0.137. The van der Waals surface area contributed by atoms with E-state index in [4.69, 9.17) is 17.3 Å². The number of anilines is 1. The van der Waals surface area contributed by atoms with Crippen LogP contribution in [0.2, 0.25) is 5.02 Å². The SMILES string of the molecule is CC(C)[C@H](N)C(=O)NCC(=O)N(C)C1CCN(c2ccccc2Cl)C1=O. The predicted octanol–water partition coefficient (Wildman–Crippen LogP) is 1.00. The minimum Gasteiger partial charge on any atom is -0.346 e. The van der Waals surface area contributed by atoms with Crippen molar-refractivity contribution in [2.45, 2.75) is 32.4 Å². The highest BCUT2D eigenvalue weighted by atomic mass is 35.5. The molecular weight excluding hydrogens is 356 g/mol. The van der Waals surface area contributed by atoms with E-state index in [1.807, 2.05) is 19.9 Å². The Hall–Kier alpha value is -2.12. The minimum atomic E-state index is -0.670. The van der Waals surface area contributed by atoms with Crippen molar-refractivity contribution in [2.75, 3.05) is 25.0 Å². The lowest BCUT2D eigenvalue weighted by Crippen LogP contribution is -2.50. The van der Waals surface area contributed by atoms with E-state index in [-0.39, 0.29) is 30.2 Å². The number of nitrogens with zero attached hydrogens (tertiary/aromatic N) is 2. The first-order valence-electron chi connectivity index (χ1n) is 8.59. The number of benzene rings is 1. The average molecular weight is 381 g/mol. The Kier molecular flexibility index (Phi) is 6.61. The summed E-state index contributed by atoms with van der Waals surface area (Å²) in [6, 6.07) is 5.86. The van der Waals surface area contributed by atoms with Gasteiger partial charge in [-0.05, 0) is 24.5 Å². The van der Waals surface area contributed by atoms with E-state index >= 15 is 0 Å². The van der Waals surface area contributed by atoms with Gasteiger partial charge in [0.1, 0.15) is 6.04 Å². The van der Waals surface area contributed by atoms with E-state index in [0.29, 0.717) is 23.7 Å². The van der Waals surface area contributed by atoms with Gasteiger partial charge in [0.05, 0.1) is 23.3 Å². The summed E-state index contributed by atoms with van der Waals surface area (Å²) in [6.45, 7) is 3.96. The van der Waals surface area contributed by atoms with Crippen LogP contribution in [0.3, 0.4) is 0 Å². The van der Waals surface area contributed by atoms with E-state index in [9.17, 15) is 14.4 Å². The van der Waals surface area contributed by atoms with Crippen LogP contribution in [0, 0.1) is 5.92 Å². The third-order valence-corrected chi connectivity index (χ3v) is 4.94. The molecule has 0 saturated carbocycles. The smallest absolute Gasteiger partial charge is 0.249 e. The van der Waals surface area contributed by atoms with E-state index < -0.39 is 12.1 Å². The van der Waals surface area contributed by atoms with Crippen molar-refractivity contribution in [1.82, 2.24) is 10.2 Å². The third-order valence-electron chi connectivity index (χ3n) is 4.62. The molecule has 2 rings (SSSR count). The number of halogens is 1. The molecule has 0 aliphatic carbocycles. The molecule has 26 heavy (non-hydrogen) atoms. The van der Waals surface area contributed by atoms with Gasteiger partial charge < -0.3 is 20.9 Å². The molecule has 142 valence electrons. The topological polar surface area (TPSA) is 95.7 Å². The van der Waals surface area contributed by atoms with Gasteiger partial charge in [-0.2, -0.15) is 0 Å². The van der Waals surface area contributed by atoms with Gasteiger partial charge in [-0.3, -0.25) is 14.4 Å². The summed E-state index contributed by atoms with van der Waals surface area (Å²) >= 11 is 6.17. The van der Waals surface area contributed by atoms with Crippen LogP contribution >= 0.6 is 11.6 Å². The lowest BCUT2D eigenvalue weighted by atomic mass is 10.1. The maximum absolute atomic E-state index is 12.7. The molecule has 1 aromatic rings. The zero-order valence-corrected chi connectivity index (χ0v) is 16.0. The molecule has 1 aliphatic heterocycles. The van der Waals surface area contributed by atoms with Crippen molar-refractivity contribution in [1.29, 1.82) is 0 Å². The molecule has 3 amide bonds. The molecule has 1 fully saturated rings. The van der Waals surface area contributed by atoms with Crippen LogP contribution in [-0.4, -0.2) is 54.8 Å². The molecule has 0 bridgehead atoms. The highest BCUT2D eigenvalue weighted by Gasteiger charge is 2.37. The van der Waals surface area contributed by atoms with E-state index in [2.05, 4.69) is 5.32 Å². The van der Waals surface area contributed by atoms with Gasteiger partial charge in [0.25, 0.3) is 0 Å². The first-order chi connectivity index (χ1) is 12.2. The monoisotopic (exact) mass is 380 g/mol. The number of nitrogens with one attached hydrogen (secondary N) is 1. The van der Waals surface area contributed by atoms with Crippen molar-refractivity contribution in [3.8, 4) is 0 Å². The Morgan fingerprint density at radius 3 is 2.65 bits per heavy atom. The van der Waals surface area contributed by atoms with Gasteiger partial charge in [0.15, 0.2) is 0 Å². The molecule has 0 radical (unpaired) electrons. The number of hydrogen-bond acceptors (Lipinski definition) is 4. The molecular formula is C18H25ClN4O3. The predicted molar refractivity (Wildman–Crippen MR) is 101 cm³/mol. The van der Waals surface area contributed by atoms with Gasteiger partial charge >= 0.3 is 0 Å². The fraction of sp³-hybridized carbons (Fsp3) is 0.500. The Bertz CT molecular complexity index is 695. The van der Waals surface area contributed by atoms with E-state index in [0.717, 1.165) is 0 Å². The van der Waals surface area contributed by atoms with Gasteiger partial charge in [-0.15, -0.1) is 0 Å². The van der Waals surface area contributed by atoms with Crippen LogP contribution in [-0.2, 0) is 14.4 Å². The number of carbonyl (C=O) groups excluding carboxylic acids is 3. The number of likely N-dealkylation sites (N-methyl/N-ethyl adjacent to an activating group) is 1. The maximum atomic E-state index is 12.7. The third kappa shape index (κ3) is 4.34. The van der Waals surface area contributed by atoms with Crippen LogP contribution in [0.1, 0.15) is 20.3 Å². The molecule has 1 saturated heterocycles. The molecule has 1 unspecified atom stereocenters. The molecule has 0 aromatic heterocycles. The van der Waals surface area contributed by atoms with Crippen LogP contribution in [0.4, 0.5) is 5.69 Å². The molecule has 2 atom stereocenters. The Morgan fingerprint density at radius 1 is 1.38 bits per heavy atom. The zero-order chi connectivity index (χ0) is 19.4. The Labute approximate surface area is 158 Å². The molecule has 1 aliphatic rings. The van der Waals surface area contributed by atoms with Gasteiger partial charge in [-0.25, -0.2) is 0 Å². The largest absolute Gasteiger partial charge is 0.346 e. The number of carbonyl (C=O) groups is 3. The second-order valence-corrected chi connectivity index (χ2v) is 7.15. The van der Waals surface area contributed by atoms with Crippen LogP contribution in [0.25, 0.3) is 0 Å². The van der Waals surface area contributed by atoms with Gasteiger partial charge in [0, 0.05) is 13.6 Å². The number of amides is 3. The second kappa shape index (κ2) is 8.51. The highest BCUT2D eigenvalue weighted by Crippen LogP contribution is 2.30. The highest BCUT2D eigenvalue weighted by molar-refractivity contribution is 6.34. The average Bonchev–Trinajstić information content (AvgIpc) is 2.99. The van der Waals surface area contributed by atoms with Crippen LogP contribution in [0.15, 0.2) is 24.3 Å². The first-order valence-corrected chi connectivity index (χ1v) is 8.96. The van der Waals surface area contributed by atoms with Crippen LogP contribution in [0.5, 0.6) is 0 Å². The quantitative estimate of drug-likeness (QED) is 0.769. The van der Waals surface area contributed by atoms with Gasteiger partial charge in [-0.1, -0.05) is 37.6 Å². The molecule has 1 heterocycles. The number of hydrogen-bond donors (Lipinski definition) is 2. The summed E-state index contributed by atoms with van der Waals surface area (Å²) < 4.78 is 0. The standard InChI is InChI=1S/C18H25ClN4O3/c1-11(2)16(20)17(25)21-10-15(24)22(3)14-8-9-23(18(14)26)13-7-5-4-6-12(13)19/h4-7,11,14,16H,8-10,20H2,1-3H3,(H,21,25)/t14?,16-/m0/s1. The molecule has 8 heteroatoms. The first kappa shape index (κ1) is 20.2. The Balaban J connectivity index is 1.96. The fourth-order valence-corrected chi connectivity index (χ4v) is 3.05. The van der Waals surface area contributed by atoms with Crippen molar-refractivity contribution in [2.24, 2.45) is 11.7 Å². The Morgan fingerprint density at radius 2 is 2.04 bits per heavy atom. The summed E-state index contributed by atoms with van der Waals surface area (Å²) in [6.07, 6.45) is 0.506. The maximum Gasteiger partial charge on any atom is 0.249 e. The zero-order valence-electron chi connectivity index (χ0n) is 15.2. The van der Waals surface area contributed by atoms with Crippen molar-refractivity contribution in [3.63, 3.8) is 0 Å². The molecule has 0 spiro atoms. The van der Waals surface area contributed by atoms with E-state index in [1.165, 1.54) is 4.90 Å². The van der Waals surface area contributed by atoms with Crippen LogP contribution < -0.4 is 16.0 Å². The van der Waals surface area contributed by atoms with Crippen molar-refractivity contribution in [3.05, 3.63) is 29.3 Å². The summed E-state index contributed by atoms with van der Waals surface area (Å²) in [4.78, 5) is 39.9. The lowest BCUT2D eigenvalue weighted by Gasteiger charge is -2.25. The van der Waals surface area contributed by atoms with E-state index in [1.54, 1.807) is 30.1 Å². The van der Waals surface area contributed by atoms with Crippen molar-refractivity contribution < 1.29 is 14.4 Å². The second-order valence-electron chi connectivity index (χ2n) is 6.74. The van der Waals surface area contributed by atoms with Crippen molar-refractivity contribution >= 4 is 35.0 Å². The normalized spacial score (nSPS) is 18.2. The number of para-hydroxylation sites is 1.